The molecule has 0 aromatic heterocycles. The minimum absolute atomic E-state index is 0.0711. The van der Waals surface area contributed by atoms with Gasteiger partial charge >= 0.3 is 5.97 Å². The molecule has 0 saturated heterocycles. The van der Waals surface area contributed by atoms with E-state index >= 15 is 0 Å². The number of halogens is 1. The first-order valence-electron chi connectivity index (χ1n) is 7.90. The molecule has 0 saturated carbocycles. The van der Waals surface area contributed by atoms with Crippen molar-refractivity contribution >= 4 is 29.0 Å². The van der Waals surface area contributed by atoms with Gasteiger partial charge in [0.2, 0.25) is 0 Å². The number of nitro benzene ring substituents is 1. The summed E-state index contributed by atoms with van der Waals surface area (Å²) < 4.78 is 4.90. The number of carbonyl (C=O) groups is 2. The number of nitrogens with zero attached hydrogens (tertiary/aromatic N) is 1. The third-order valence-electron chi connectivity index (χ3n) is 4.37. The number of esters is 1. The predicted octanol–water partition coefficient (Wildman–Crippen LogP) is 4.34. The lowest BCUT2D eigenvalue weighted by molar-refractivity contribution is -0.384. The molecule has 0 fully saturated rings. The van der Waals surface area contributed by atoms with E-state index in [-0.39, 0.29) is 24.3 Å². The normalized spacial score (nSPS) is 12.9. The van der Waals surface area contributed by atoms with Gasteiger partial charge in [-0.1, -0.05) is 23.7 Å². The molecule has 0 aliphatic carbocycles. The number of carbonyl (C=O) groups excluding carboxylic acids is 2. The number of rotatable bonds is 7. The molecule has 0 bridgehead atoms. The number of hydrogen-bond donors (Lipinski definition) is 0. The largest absolute Gasteiger partial charge is 0.468 e. The van der Waals surface area contributed by atoms with E-state index < -0.39 is 16.3 Å². The van der Waals surface area contributed by atoms with Crippen molar-refractivity contribution in [3.63, 3.8) is 0 Å². The molecule has 0 aliphatic heterocycles. The van der Waals surface area contributed by atoms with Gasteiger partial charge in [-0.2, -0.15) is 0 Å². The Kier molecular flexibility index (Phi) is 6.10. The van der Waals surface area contributed by atoms with Gasteiger partial charge in [-0.15, -0.1) is 0 Å². The fourth-order valence-corrected chi connectivity index (χ4v) is 2.81. The van der Waals surface area contributed by atoms with Crippen LogP contribution >= 0.6 is 11.6 Å². The number of hydrogen-bond acceptors (Lipinski definition) is 5. The fraction of sp³-hybridized carbons (Fsp3) is 0.263. The average Bonchev–Trinajstić information content (AvgIpc) is 2.65. The van der Waals surface area contributed by atoms with E-state index in [1.54, 1.807) is 31.2 Å². The summed E-state index contributed by atoms with van der Waals surface area (Å²) in [6.45, 7) is 1.66. The summed E-state index contributed by atoms with van der Waals surface area (Å²) in [7, 11) is 1.27. The summed E-state index contributed by atoms with van der Waals surface area (Å²) in [5.74, 6) is -0.631. The third-order valence-corrected chi connectivity index (χ3v) is 4.62. The summed E-state index contributed by atoms with van der Waals surface area (Å²) in [5, 5.41) is 11.3. The van der Waals surface area contributed by atoms with E-state index in [2.05, 4.69) is 0 Å². The van der Waals surface area contributed by atoms with Gasteiger partial charge in [0.1, 0.15) is 0 Å². The molecule has 2 aromatic rings. The van der Waals surface area contributed by atoms with Crippen LogP contribution in [0.4, 0.5) is 5.69 Å². The van der Waals surface area contributed by atoms with E-state index in [4.69, 9.17) is 16.3 Å². The van der Waals surface area contributed by atoms with Gasteiger partial charge in [0.05, 0.1) is 17.4 Å². The zero-order valence-corrected chi connectivity index (χ0v) is 15.2. The summed E-state index contributed by atoms with van der Waals surface area (Å²) in [6, 6.07) is 12.2. The molecule has 2 aromatic carbocycles. The molecule has 0 radical (unpaired) electrons. The number of ketones is 1. The third kappa shape index (κ3) is 4.26. The summed E-state index contributed by atoms with van der Waals surface area (Å²) >= 11 is 5.82. The van der Waals surface area contributed by atoms with Crippen LogP contribution in [0, 0.1) is 10.1 Å². The number of Topliss-reactive ketones (excluding diaryl/α,β-unsaturated/α-hetero) is 1. The molecule has 0 aliphatic rings. The molecule has 0 N–H and O–H groups in total. The first-order chi connectivity index (χ1) is 12.3. The van der Waals surface area contributed by atoms with Gasteiger partial charge < -0.3 is 4.74 Å². The highest BCUT2D eigenvalue weighted by Gasteiger charge is 2.37. The second-order valence-electron chi connectivity index (χ2n) is 6.06. The zero-order valence-electron chi connectivity index (χ0n) is 14.4. The Balaban J connectivity index is 2.23. The molecular formula is C19H18ClNO5. The van der Waals surface area contributed by atoms with Crippen LogP contribution in [-0.4, -0.2) is 23.8 Å². The molecule has 6 nitrogen and oxygen atoms in total. The SMILES string of the molecule is COC(=O)C(C)(CCC(=O)c1ccc(Cl)cc1)c1ccc([N+](=O)[O-])cc1. The summed E-state index contributed by atoms with van der Waals surface area (Å²) in [6.07, 6.45) is 0.323. The maximum Gasteiger partial charge on any atom is 0.316 e. The van der Waals surface area contributed by atoms with Crippen molar-refractivity contribution in [3.05, 3.63) is 74.8 Å². The van der Waals surface area contributed by atoms with Crippen molar-refractivity contribution in [3.8, 4) is 0 Å². The monoisotopic (exact) mass is 375 g/mol. The second kappa shape index (κ2) is 8.10. The molecule has 0 spiro atoms. The molecule has 0 heterocycles. The maximum absolute atomic E-state index is 12.4. The van der Waals surface area contributed by atoms with Gasteiger partial charge in [-0.3, -0.25) is 19.7 Å². The zero-order chi connectivity index (χ0) is 19.3. The van der Waals surface area contributed by atoms with Crippen molar-refractivity contribution in [2.24, 2.45) is 0 Å². The Morgan fingerprint density at radius 1 is 1.12 bits per heavy atom. The van der Waals surface area contributed by atoms with E-state index in [0.717, 1.165) is 0 Å². The molecule has 0 amide bonds. The Morgan fingerprint density at radius 2 is 1.69 bits per heavy atom. The molecule has 7 heteroatoms. The number of non-ortho nitro benzene ring substituents is 1. The Bertz CT molecular complexity index is 817. The Morgan fingerprint density at radius 3 is 2.19 bits per heavy atom. The predicted molar refractivity (Wildman–Crippen MR) is 97.5 cm³/mol. The Hall–Kier alpha value is -2.73. The maximum atomic E-state index is 12.4. The van der Waals surface area contributed by atoms with Gasteiger partial charge in [-0.25, -0.2) is 0 Å². The molecule has 1 unspecified atom stereocenters. The van der Waals surface area contributed by atoms with Crippen molar-refractivity contribution < 1.29 is 19.2 Å². The summed E-state index contributed by atoms with van der Waals surface area (Å²) in [5.41, 5.74) is -0.103. The van der Waals surface area contributed by atoms with E-state index in [1.165, 1.54) is 31.4 Å². The lowest BCUT2D eigenvalue weighted by atomic mass is 9.77. The van der Waals surface area contributed by atoms with Crippen molar-refractivity contribution in [2.75, 3.05) is 7.11 Å². The van der Waals surface area contributed by atoms with Crippen LogP contribution in [0.15, 0.2) is 48.5 Å². The standard InChI is InChI=1S/C19H18ClNO5/c1-19(18(23)26-2,14-5-9-16(10-6-14)21(24)25)12-11-17(22)13-3-7-15(20)8-4-13/h3-10H,11-12H2,1-2H3. The topological polar surface area (TPSA) is 86.5 Å². The average molecular weight is 376 g/mol. The van der Waals surface area contributed by atoms with E-state index in [0.29, 0.717) is 16.1 Å². The van der Waals surface area contributed by atoms with Crippen LogP contribution < -0.4 is 0 Å². The van der Waals surface area contributed by atoms with Crippen LogP contribution in [-0.2, 0) is 14.9 Å². The minimum Gasteiger partial charge on any atom is -0.468 e. The quantitative estimate of drug-likeness (QED) is 0.311. The second-order valence-corrected chi connectivity index (χ2v) is 6.49. The van der Waals surface area contributed by atoms with Crippen LogP contribution in [0.2, 0.25) is 5.02 Å². The van der Waals surface area contributed by atoms with Crippen molar-refractivity contribution in [1.82, 2.24) is 0 Å². The Labute approximate surface area is 155 Å². The van der Waals surface area contributed by atoms with Gasteiger partial charge in [-0.05, 0) is 43.2 Å². The van der Waals surface area contributed by atoms with Crippen LogP contribution in [0.3, 0.4) is 0 Å². The minimum atomic E-state index is -1.09. The number of ether oxygens (including phenoxy) is 1. The molecule has 26 heavy (non-hydrogen) atoms. The van der Waals surface area contributed by atoms with Gasteiger partial charge in [0.25, 0.3) is 5.69 Å². The molecule has 2 rings (SSSR count). The van der Waals surface area contributed by atoms with Crippen LogP contribution in [0.1, 0.15) is 35.7 Å². The lowest BCUT2D eigenvalue weighted by Gasteiger charge is -2.27. The van der Waals surface area contributed by atoms with E-state index in [1.807, 2.05) is 0 Å². The first-order valence-corrected chi connectivity index (χ1v) is 8.28. The highest BCUT2D eigenvalue weighted by Crippen LogP contribution is 2.32. The molecule has 1 atom stereocenters. The van der Waals surface area contributed by atoms with Crippen LogP contribution in [0.25, 0.3) is 0 Å². The van der Waals surface area contributed by atoms with Crippen LogP contribution in [0.5, 0.6) is 0 Å². The number of methoxy groups -OCH3 is 1. The van der Waals surface area contributed by atoms with Crippen molar-refractivity contribution in [2.45, 2.75) is 25.2 Å². The van der Waals surface area contributed by atoms with Gasteiger partial charge in [0, 0.05) is 29.1 Å². The number of benzene rings is 2. The molecular weight excluding hydrogens is 358 g/mol. The van der Waals surface area contributed by atoms with Gasteiger partial charge in [0.15, 0.2) is 5.78 Å². The number of nitro groups is 1. The highest BCUT2D eigenvalue weighted by atomic mass is 35.5. The lowest BCUT2D eigenvalue weighted by Crippen LogP contribution is -2.34. The fourth-order valence-electron chi connectivity index (χ4n) is 2.68. The highest BCUT2D eigenvalue weighted by molar-refractivity contribution is 6.30. The van der Waals surface area contributed by atoms with Crippen molar-refractivity contribution in [1.29, 1.82) is 0 Å². The summed E-state index contributed by atoms with van der Waals surface area (Å²) in [4.78, 5) is 35.1. The van der Waals surface area contributed by atoms with E-state index in [9.17, 15) is 19.7 Å². The first kappa shape index (κ1) is 19.6. The smallest absolute Gasteiger partial charge is 0.316 e. The molecule has 136 valence electrons.